The van der Waals surface area contributed by atoms with Crippen LogP contribution in [0.15, 0.2) is 24.4 Å². The molecule has 0 radical (unpaired) electrons. The first-order chi connectivity index (χ1) is 8.13. The third-order valence-corrected chi connectivity index (χ3v) is 2.72. The van der Waals surface area contributed by atoms with Gasteiger partial charge in [0.1, 0.15) is 0 Å². The van der Waals surface area contributed by atoms with Crippen LogP contribution >= 0.6 is 0 Å². The van der Waals surface area contributed by atoms with Crippen LogP contribution in [-0.4, -0.2) is 17.6 Å². The average molecular weight is 232 g/mol. The Morgan fingerprint density at radius 3 is 2.94 bits per heavy atom. The lowest BCUT2D eigenvalue weighted by Crippen LogP contribution is -2.05. The molecule has 0 aliphatic carbocycles. The molecule has 1 heterocycles. The van der Waals surface area contributed by atoms with E-state index in [0.717, 1.165) is 16.5 Å². The van der Waals surface area contributed by atoms with Gasteiger partial charge < -0.3 is 15.5 Å². The summed E-state index contributed by atoms with van der Waals surface area (Å²) < 4.78 is 4.95. The molecule has 2 aromatic rings. The first-order valence-electron chi connectivity index (χ1n) is 5.67. The van der Waals surface area contributed by atoms with Crippen molar-refractivity contribution in [2.75, 3.05) is 6.61 Å². The van der Waals surface area contributed by atoms with Crippen molar-refractivity contribution in [2.45, 2.75) is 19.9 Å². The predicted molar refractivity (Wildman–Crippen MR) is 66.9 cm³/mol. The predicted octanol–water partition coefficient (Wildman–Crippen LogP) is 2.36. The largest absolute Gasteiger partial charge is 0.462 e. The second-order valence-corrected chi connectivity index (χ2v) is 4.01. The number of aromatic nitrogens is 1. The smallest absolute Gasteiger partial charge is 0.338 e. The zero-order valence-corrected chi connectivity index (χ0v) is 9.99. The lowest BCUT2D eigenvalue weighted by molar-refractivity contribution is 0.0526. The van der Waals surface area contributed by atoms with Crippen LogP contribution in [0.1, 0.15) is 35.8 Å². The van der Waals surface area contributed by atoms with E-state index in [1.54, 1.807) is 19.1 Å². The minimum Gasteiger partial charge on any atom is -0.462 e. The Morgan fingerprint density at radius 2 is 2.29 bits per heavy atom. The van der Waals surface area contributed by atoms with Crippen molar-refractivity contribution in [2.24, 2.45) is 5.73 Å². The monoisotopic (exact) mass is 232 g/mol. The van der Waals surface area contributed by atoms with Crippen LogP contribution in [0, 0.1) is 0 Å². The maximum absolute atomic E-state index is 11.6. The Balaban J connectivity index is 2.42. The number of H-pyrrole nitrogens is 1. The van der Waals surface area contributed by atoms with E-state index in [1.165, 1.54) is 0 Å². The molecule has 4 heteroatoms. The van der Waals surface area contributed by atoms with E-state index in [2.05, 4.69) is 4.98 Å². The van der Waals surface area contributed by atoms with Gasteiger partial charge >= 0.3 is 5.97 Å². The number of ether oxygens (including phenoxy) is 1. The Bertz CT molecular complexity index is 543. The number of carbonyl (C=O) groups excluding carboxylic acids is 1. The summed E-state index contributed by atoms with van der Waals surface area (Å²) in [5.74, 6) is -0.300. The zero-order chi connectivity index (χ0) is 12.4. The highest BCUT2D eigenvalue weighted by molar-refractivity contribution is 5.95. The topological polar surface area (TPSA) is 68.1 Å². The molecular weight excluding hydrogens is 216 g/mol. The van der Waals surface area contributed by atoms with E-state index < -0.39 is 0 Å². The van der Waals surface area contributed by atoms with Gasteiger partial charge in [-0.1, -0.05) is 6.07 Å². The maximum Gasteiger partial charge on any atom is 0.338 e. The van der Waals surface area contributed by atoms with Crippen molar-refractivity contribution < 1.29 is 9.53 Å². The van der Waals surface area contributed by atoms with Gasteiger partial charge in [0.2, 0.25) is 0 Å². The summed E-state index contributed by atoms with van der Waals surface area (Å²) in [7, 11) is 0. The molecule has 1 atom stereocenters. The summed E-state index contributed by atoms with van der Waals surface area (Å²) in [5, 5.41) is 1.05. The number of aromatic amines is 1. The van der Waals surface area contributed by atoms with E-state index in [-0.39, 0.29) is 12.0 Å². The van der Waals surface area contributed by atoms with Crippen LogP contribution in [0.2, 0.25) is 0 Å². The van der Waals surface area contributed by atoms with Gasteiger partial charge in [0, 0.05) is 23.1 Å². The van der Waals surface area contributed by atoms with Gasteiger partial charge in [-0.3, -0.25) is 0 Å². The SMILES string of the molecule is CCOC(=O)c1ccc2c(C(C)N)c[nH]c2c1. The molecule has 0 saturated heterocycles. The van der Waals surface area contributed by atoms with E-state index in [9.17, 15) is 4.79 Å². The van der Waals surface area contributed by atoms with Gasteiger partial charge in [-0.15, -0.1) is 0 Å². The van der Waals surface area contributed by atoms with Crippen molar-refractivity contribution in [3.8, 4) is 0 Å². The van der Waals surface area contributed by atoms with Gasteiger partial charge in [0.25, 0.3) is 0 Å². The van der Waals surface area contributed by atoms with Crippen LogP contribution in [-0.2, 0) is 4.74 Å². The summed E-state index contributed by atoms with van der Waals surface area (Å²) in [5.41, 5.74) is 8.37. The molecule has 4 nitrogen and oxygen atoms in total. The van der Waals surface area contributed by atoms with Crippen molar-refractivity contribution >= 4 is 16.9 Å². The highest BCUT2D eigenvalue weighted by Gasteiger charge is 2.11. The van der Waals surface area contributed by atoms with Gasteiger partial charge in [0.15, 0.2) is 0 Å². The molecule has 0 aliphatic rings. The number of nitrogens with one attached hydrogen (secondary N) is 1. The molecule has 3 N–H and O–H groups in total. The number of fused-ring (bicyclic) bond motifs is 1. The van der Waals surface area contributed by atoms with Gasteiger partial charge in [-0.25, -0.2) is 4.79 Å². The minimum absolute atomic E-state index is 0.0304. The van der Waals surface area contributed by atoms with Crippen molar-refractivity contribution in [1.82, 2.24) is 4.98 Å². The molecule has 0 fully saturated rings. The molecular formula is C13H16N2O2. The summed E-state index contributed by atoms with van der Waals surface area (Å²) in [6.45, 7) is 4.10. The van der Waals surface area contributed by atoms with Crippen LogP contribution < -0.4 is 5.73 Å². The first-order valence-corrected chi connectivity index (χ1v) is 5.67. The fourth-order valence-corrected chi connectivity index (χ4v) is 1.87. The zero-order valence-electron chi connectivity index (χ0n) is 9.99. The number of hydrogen-bond donors (Lipinski definition) is 2. The number of hydrogen-bond acceptors (Lipinski definition) is 3. The second kappa shape index (κ2) is 4.59. The van der Waals surface area contributed by atoms with Crippen LogP contribution in [0.25, 0.3) is 10.9 Å². The van der Waals surface area contributed by atoms with Crippen LogP contribution in [0.4, 0.5) is 0 Å². The maximum atomic E-state index is 11.6. The number of carbonyl (C=O) groups is 1. The molecule has 2 rings (SSSR count). The van der Waals surface area contributed by atoms with E-state index in [0.29, 0.717) is 12.2 Å². The Hall–Kier alpha value is -1.81. The van der Waals surface area contributed by atoms with E-state index in [1.807, 2.05) is 19.2 Å². The summed E-state index contributed by atoms with van der Waals surface area (Å²) in [6.07, 6.45) is 1.88. The quantitative estimate of drug-likeness (QED) is 0.798. The lowest BCUT2D eigenvalue weighted by atomic mass is 10.1. The van der Waals surface area contributed by atoms with Crippen molar-refractivity contribution in [1.29, 1.82) is 0 Å². The third-order valence-electron chi connectivity index (χ3n) is 2.72. The molecule has 0 bridgehead atoms. The molecule has 0 spiro atoms. The Morgan fingerprint density at radius 1 is 1.53 bits per heavy atom. The third kappa shape index (κ3) is 2.17. The Labute approximate surface area is 99.8 Å². The number of nitrogens with two attached hydrogens (primary N) is 1. The standard InChI is InChI=1S/C13H16N2O2/c1-3-17-13(16)9-4-5-10-11(8(2)14)7-15-12(10)6-9/h4-8,15H,3,14H2,1-2H3. The molecule has 0 aliphatic heterocycles. The summed E-state index contributed by atoms with van der Waals surface area (Å²) in [6, 6.07) is 5.42. The summed E-state index contributed by atoms with van der Waals surface area (Å²) in [4.78, 5) is 14.7. The fourth-order valence-electron chi connectivity index (χ4n) is 1.87. The van der Waals surface area contributed by atoms with Gasteiger partial charge in [0.05, 0.1) is 12.2 Å². The highest BCUT2D eigenvalue weighted by atomic mass is 16.5. The lowest BCUT2D eigenvalue weighted by Gasteiger charge is -2.04. The molecule has 1 aromatic carbocycles. The van der Waals surface area contributed by atoms with Gasteiger partial charge in [-0.05, 0) is 31.5 Å². The minimum atomic E-state index is -0.300. The Kier molecular flexibility index (Phi) is 3.15. The summed E-state index contributed by atoms with van der Waals surface area (Å²) >= 11 is 0. The van der Waals surface area contributed by atoms with Crippen LogP contribution in [0.5, 0.6) is 0 Å². The van der Waals surface area contributed by atoms with E-state index in [4.69, 9.17) is 10.5 Å². The molecule has 0 saturated carbocycles. The molecule has 0 amide bonds. The molecule has 1 unspecified atom stereocenters. The number of esters is 1. The average Bonchev–Trinajstić information content (AvgIpc) is 2.71. The van der Waals surface area contributed by atoms with Gasteiger partial charge in [-0.2, -0.15) is 0 Å². The number of rotatable bonds is 3. The highest BCUT2D eigenvalue weighted by Crippen LogP contribution is 2.23. The molecule has 90 valence electrons. The molecule has 1 aromatic heterocycles. The number of benzene rings is 1. The fraction of sp³-hybridized carbons (Fsp3) is 0.308. The molecule has 17 heavy (non-hydrogen) atoms. The van der Waals surface area contributed by atoms with Crippen molar-refractivity contribution in [3.63, 3.8) is 0 Å². The second-order valence-electron chi connectivity index (χ2n) is 4.01. The first kappa shape index (κ1) is 11.7. The van der Waals surface area contributed by atoms with E-state index >= 15 is 0 Å². The van der Waals surface area contributed by atoms with Crippen LogP contribution in [0.3, 0.4) is 0 Å². The van der Waals surface area contributed by atoms with Crippen molar-refractivity contribution in [3.05, 3.63) is 35.5 Å². The normalized spacial score (nSPS) is 12.6.